The Kier molecular flexibility index (Phi) is 5.99. The summed E-state index contributed by atoms with van der Waals surface area (Å²) in [4.78, 5) is 22.7. The zero-order valence-electron chi connectivity index (χ0n) is 15.4. The van der Waals surface area contributed by atoms with Crippen LogP contribution in [0.1, 0.15) is 15.9 Å². The third kappa shape index (κ3) is 5.04. The van der Waals surface area contributed by atoms with Gasteiger partial charge in [-0.15, -0.1) is 0 Å². The average Bonchev–Trinajstić information content (AvgIpc) is 2.72. The van der Waals surface area contributed by atoms with Crippen LogP contribution >= 0.6 is 0 Å². The van der Waals surface area contributed by atoms with Crippen molar-refractivity contribution in [2.45, 2.75) is 6.42 Å². The first-order chi connectivity index (χ1) is 13.2. The summed E-state index contributed by atoms with van der Waals surface area (Å²) in [7, 11) is 3.43. The minimum atomic E-state index is -0.0415. The monoisotopic (exact) mass is 362 g/mol. The van der Waals surface area contributed by atoms with E-state index in [2.05, 4.69) is 15.3 Å². The Labute approximate surface area is 158 Å². The summed E-state index contributed by atoms with van der Waals surface area (Å²) >= 11 is 0. The summed E-state index contributed by atoms with van der Waals surface area (Å²) in [5.74, 6) is 1.32. The van der Waals surface area contributed by atoms with Gasteiger partial charge in [0.15, 0.2) is 0 Å². The number of ether oxygens (including phenoxy) is 1. The Hall–Kier alpha value is -3.41. The van der Waals surface area contributed by atoms with Crippen LogP contribution in [0.25, 0.3) is 0 Å². The number of hydrogen-bond donors (Lipinski definition) is 1. The molecular weight excluding hydrogens is 340 g/mol. The predicted molar refractivity (Wildman–Crippen MR) is 105 cm³/mol. The molecule has 0 aliphatic heterocycles. The number of pyridine rings is 2. The van der Waals surface area contributed by atoms with E-state index in [4.69, 9.17) is 4.74 Å². The van der Waals surface area contributed by atoms with Crippen molar-refractivity contribution in [1.29, 1.82) is 0 Å². The number of likely N-dealkylation sites (N-methyl/N-ethyl adjacent to an activating group) is 1. The Balaban J connectivity index is 1.65. The first-order valence-corrected chi connectivity index (χ1v) is 8.67. The molecule has 0 unspecified atom stereocenters. The number of methoxy groups -OCH3 is 1. The number of nitrogens with one attached hydrogen (secondary N) is 1. The van der Waals surface area contributed by atoms with Gasteiger partial charge in [0.05, 0.1) is 7.11 Å². The smallest absolute Gasteiger partial charge is 0.253 e. The Morgan fingerprint density at radius 3 is 2.70 bits per heavy atom. The van der Waals surface area contributed by atoms with Gasteiger partial charge >= 0.3 is 0 Å². The molecule has 6 heteroatoms. The quantitative estimate of drug-likeness (QED) is 0.696. The van der Waals surface area contributed by atoms with Crippen LogP contribution in [0.15, 0.2) is 67.1 Å². The number of rotatable bonds is 7. The summed E-state index contributed by atoms with van der Waals surface area (Å²) in [6.45, 7) is 0.629. The molecule has 0 radical (unpaired) electrons. The van der Waals surface area contributed by atoms with Crippen molar-refractivity contribution < 1.29 is 9.53 Å². The van der Waals surface area contributed by atoms with E-state index in [9.17, 15) is 4.79 Å². The van der Waals surface area contributed by atoms with Gasteiger partial charge in [-0.25, -0.2) is 4.98 Å². The molecule has 1 amide bonds. The standard InChI is InChI=1S/C21H22N4O2/c1-25(13-9-16-6-10-22-11-7-16)21(26)17-8-12-23-20(14-17)24-18-4-3-5-19(15-18)27-2/h3-8,10-12,14-15H,9,13H2,1-2H3,(H,23,24). The first-order valence-electron chi connectivity index (χ1n) is 8.67. The molecule has 6 nitrogen and oxygen atoms in total. The lowest BCUT2D eigenvalue weighted by atomic mass is 10.2. The number of amides is 1. The number of carbonyl (C=O) groups excluding carboxylic acids is 1. The second-order valence-electron chi connectivity index (χ2n) is 6.12. The molecule has 27 heavy (non-hydrogen) atoms. The van der Waals surface area contributed by atoms with E-state index in [1.165, 1.54) is 0 Å². The third-order valence-electron chi connectivity index (χ3n) is 4.18. The Bertz CT molecular complexity index is 899. The highest BCUT2D eigenvalue weighted by atomic mass is 16.5. The highest BCUT2D eigenvalue weighted by Gasteiger charge is 2.12. The van der Waals surface area contributed by atoms with Crippen LogP contribution in [-0.4, -0.2) is 41.5 Å². The van der Waals surface area contributed by atoms with Gasteiger partial charge in [0.25, 0.3) is 5.91 Å². The van der Waals surface area contributed by atoms with E-state index in [1.807, 2.05) is 36.4 Å². The van der Waals surface area contributed by atoms with Gasteiger partial charge in [0.2, 0.25) is 0 Å². The average molecular weight is 362 g/mol. The van der Waals surface area contributed by atoms with Crippen LogP contribution in [0.4, 0.5) is 11.5 Å². The summed E-state index contributed by atoms with van der Waals surface area (Å²) in [6.07, 6.45) is 5.93. The van der Waals surface area contributed by atoms with Gasteiger partial charge in [-0.1, -0.05) is 6.07 Å². The molecule has 3 rings (SSSR count). The Morgan fingerprint density at radius 2 is 1.93 bits per heavy atom. The maximum atomic E-state index is 12.7. The van der Waals surface area contributed by atoms with Crippen LogP contribution in [0.2, 0.25) is 0 Å². The van der Waals surface area contributed by atoms with Crippen molar-refractivity contribution in [3.63, 3.8) is 0 Å². The summed E-state index contributed by atoms with van der Waals surface area (Å²) in [5, 5.41) is 3.20. The molecule has 138 valence electrons. The second-order valence-corrected chi connectivity index (χ2v) is 6.12. The lowest BCUT2D eigenvalue weighted by molar-refractivity contribution is 0.0796. The number of carbonyl (C=O) groups is 1. The maximum absolute atomic E-state index is 12.7. The van der Waals surface area contributed by atoms with Crippen molar-refractivity contribution in [3.8, 4) is 5.75 Å². The molecule has 2 aromatic heterocycles. The predicted octanol–water partition coefficient (Wildman–Crippen LogP) is 3.54. The molecule has 0 saturated heterocycles. The van der Waals surface area contributed by atoms with Gasteiger partial charge < -0.3 is 15.0 Å². The number of nitrogens with zero attached hydrogens (tertiary/aromatic N) is 3. The fourth-order valence-corrected chi connectivity index (χ4v) is 2.65. The van der Waals surface area contributed by atoms with Crippen LogP contribution in [0.5, 0.6) is 5.75 Å². The van der Waals surface area contributed by atoms with E-state index >= 15 is 0 Å². The molecule has 1 N–H and O–H groups in total. The van der Waals surface area contributed by atoms with Gasteiger partial charge in [-0.05, 0) is 48.4 Å². The van der Waals surface area contributed by atoms with Gasteiger partial charge in [0.1, 0.15) is 11.6 Å². The number of aromatic nitrogens is 2. The molecule has 0 bridgehead atoms. The van der Waals surface area contributed by atoms with E-state index in [0.29, 0.717) is 17.9 Å². The number of hydrogen-bond acceptors (Lipinski definition) is 5. The van der Waals surface area contributed by atoms with Crippen LogP contribution in [0.3, 0.4) is 0 Å². The Morgan fingerprint density at radius 1 is 1.11 bits per heavy atom. The van der Waals surface area contributed by atoms with Crippen LogP contribution < -0.4 is 10.1 Å². The van der Waals surface area contributed by atoms with Crippen molar-refractivity contribution in [3.05, 3.63) is 78.2 Å². The molecule has 0 saturated carbocycles. The zero-order chi connectivity index (χ0) is 19.1. The van der Waals surface area contributed by atoms with E-state index in [-0.39, 0.29) is 5.91 Å². The summed E-state index contributed by atoms with van der Waals surface area (Å²) in [5.41, 5.74) is 2.59. The van der Waals surface area contributed by atoms with Crippen molar-refractivity contribution >= 4 is 17.4 Å². The van der Waals surface area contributed by atoms with Gasteiger partial charge in [-0.2, -0.15) is 0 Å². The first kappa shape index (κ1) is 18.4. The number of anilines is 2. The van der Waals surface area contributed by atoms with Gasteiger partial charge in [0, 0.05) is 49.5 Å². The van der Waals surface area contributed by atoms with Gasteiger partial charge in [-0.3, -0.25) is 9.78 Å². The zero-order valence-corrected chi connectivity index (χ0v) is 15.4. The van der Waals surface area contributed by atoms with Crippen LogP contribution in [0, 0.1) is 0 Å². The summed E-state index contributed by atoms with van der Waals surface area (Å²) in [6, 6.07) is 14.9. The third-order valence-corrected chi connectivity index (χ3v) is 4.18. The summed E-state index contributed by atoms with van der Waals surface area (Å²) < 4.78 is 5.22. The molecule has 0 fully saturated rings. The highest BCUT2D eigenvalue weighted by Crippen LogP contribution is 2.21. The molecule has 0 atom stereocenters. The van der Waals surface area contributed by atoms with E-state index in [0.717, 1.165) is 23.4 Å². The van der Waals surface area contributed by atoms with Crippen molar-refractivity contribution in [1.82, 2.24) is 14.9 Å². The minimum Gasteiger partial charge on any atom is -0.497 e. The molecule has 0 spiro atoms. The molecule has 3 aromatic rings. The van der Waals surface area contributed by atoms with E-state index in [1.54, 1.807) is 49.8 Å². The normalized spacial score (nSPS) is 10.3. The maximum Gasteiger partial charge on any atom is 0.253 e. The molecule has 0 aliphatic rings. The molecule has 1 aromatic carbocycles. The topological polar surface area (TPSA) is 67.3 Å². The molecule has 0 aliphatic carbocycles. The van der Waals surface area contributed by atoms with Crippen LogP contribution in [-0.2, 0) is 6.42 Å². The molecule has 2 heterocycles. The minimum absolute atomic E-state index is 0.0415. The number of benzene rings is 1. The SMILES string of the molecule is COc1cccc(Nc2cc(C(=O)N(C)CCc3ccncc3)ccn2)c1. The van der Waals surface area contributed by atoms with Crippen molar-refractivity contribution in [2.24, 2.45) is 0 Å². The fraction of sp³-hybridized carbons (Fsp3) is 0.190. The van der Waals surface area contributed by atoms with E-state index < -0.39 is 0 Å². The largest absolute Gasteiger partial charge is 0.497 e. The highest BCUT2D eigenvalue weighted by molar-refractivity contribution is 5.94. The second kappa shape index (κ2) is 8.80. The van der Waals surface area contributed by atoms with Crippen molar-refractivity contribution in [2.75, 3.05) is 26.0 Å². The molecular formula is C21H22N4O2. The lowest BCUT2D eigenvalue weighted by Gasteiger charge is -2.17. The fourth-order valence-electron chi connectivity index (χ4n) is 2.65. The lowest BCUT2D eigenvalue weighted by Crippen LogP contribution is -2.28.